The summed E-state index contributed by atoms with van der Waals surface area (Å²) < 4.78 is 23.3. The van der Waals surface area contributed by atoms with Gasteiger partial charge in [-0.05, 0) is 265 Å². The Balaban J connectivity index is 0.974. The Hall–Kier alpha value is -11.9. The fraction of sp³-hybridized carbons (Fsp3) is 0.317. The summed E-state index contributed by atoms with van der Waals surface area (Å²) in [5.74, 6) is 9.66. The van der Waals surface area contributed by atoms with Gasteiger partial charge in [0.15, 0.2) is 0 Å². The molecular formula is C123H127N3O2S. The predicted molar refractivity (Wildman–Crippen MR) is 550 cm³/mol. The summed E-state index contributed by atoms with van der Waals surface area (Å²) in [6.07, 6.45) is 32.5. The van der Waals surface area contributed by atoms with Crippen LogP contribution in [0.25, 0.3) is 87.5 Å². The monoisotopic (exact) mass is 1710 g/mol. The Morgan fingerprint density at radius 3 is 1.12 bits per heavy atom. The highest BCUT2D eigenvalue weighted by molar-refractivity contribution is 7.00. The first-order valence-electron chi connectivity index (χ1n) is 49.3. The average molecular weight is 1710 g/mol. The SMILES string of the molecule is CCCCCCOc1ccc(N(c2ccc(OCCCCCC)cc2)c2c3ccccc3c3c4c(cccc24)C(c2ccc(CCCCCC)cc2)(c2ccc(CCCCCC)cc2)c2cc4c(cc2-3)C(c2ccc(CCCCCC)cc2)(c2ccc(CCCCCC)cc2)c2cccc3c(C#Cc5ccc(-c6ccc(C)cc6)c6nsnc56)c5ccccc5c-4c23)cc1. The number of fused-ring (bicyclic) bond motifs is 9. The quantitative estimate of drug-likeness (QED) is 0.0218. The summed E-state index contributed by atoms with van der Waals surface area (Å²) in [7, 11) is 0. The summed E-state index contributed by atoms with van der Waals surface area (Å²) in [5.41, 5.74) is 28.9. The van der Waals surface area contributed by atoms with Crippen molar-refractivity contribution in [1.29, 1.82) is 0 Å². The Morgan fingerprint density at radius 1 is 0.310 bits per heavy atom. The van der Waals surface area contributed by atoms with Crippen molar-refractivity contribution < 1.29 is 9.47 Å². The van der Waals surface area contributed by atoms with Crippen LogP contribution in [0.1, 0.15) is 279 Å². The van der Waals surface area contributed by atoms with Crippen LogP contribution < -0.4 is 14.4 Å². The van der Waals surface area contributed by atoms with Crippen LogP contribution in [0.4, 0.5) is 17.1 Å². The molecule has 0 radical (unpaired) electrons. The molecule has 652 valence electrons. The molecule has 5 nitrogen and oxygen atoms in total. The minimum Gasteiger partial charge on any atom is -0.494 e. The molecule has 16 aromatic rings. The molecule has 0 atom stereocenters. The number of unbranched alkanes of at least 4 members (excludes halogenated alkanes) is 18. The molecule has 0 aliphatic heterocycles. The zero-order valence-corrected chi connectivity index (χ0v) is 78.2. The van der Waals surface area contributed by atoms with Gasteiger partial charge in [0.2, 0.25) is 0 Å². The third kappa shape index (κ3) is 17.5. The van der Waals surface area contributed by atoms with Crippen LogP contribution in [0.15, 0.2) is 279 Å². The van der Waals surface area contributed by atoms with Crippen LogP contribution in [0.5, 0.6) is 11.5 Å². The normalized spacial score (nSPS) is 12.8. The van der Waals surface area contributed by atoms with Crippen molar-refractivity contribution in [2.45, 2.75) is 239 Å². The maximum absolute atomic E-state index is 6.62. The molecule has 15 aromatic carbocycles. The van der Waals surface area contributed by atoms with Gasteiger partial charge in [-0.15, -0.1) is 0 Å². The van der Waals surface area contributed by atoms with E-state index in [1.54, 1.807) is 0 Å². The fourth-order valence-corrected chi connectivity index (χ4v) is 22.1. The first kappa shape index (κ1) is 87.8. The highest BCUT2D eigenvalue weighted by Crippen LogP contribution is 2.65. The molecule has 0 saturated heterocycles. The standard InChI is InChI=1S/C123H127N3O2S/c1-8-14-20-26-38-87-52-64-93(65-53-87)122(94-66-54-88(55-67-94)39-27-21-15-9-2)111-48-36-46-105-103(81-63-92-62-80-101(120-119(92)124-129-125-120)91-60-50-86(7)51-61-91)102-42-30-31-43-104(102)115(117(105)111)109-84-114-110(85-113(109)122)116-106-44-32-33-45-107(106)121(126(97-72-76-99(77-73-97)127-82-34-24-18-12-5)98-74-78-100(79-75-98)128-83-35-25-19-13-6)108-47-37-49-112(118(108)116)123(114,95-68-56-89(57-69-95)40-28-22-16-10-3)96-70-58-90(59-71-96)41-29-23-17-11-4/h30-33,36-37,42-62,64-80,84-85H,8-29,34-35,38-41,82-83H2,1-7H3. The largest absolute Gasteiger partial charge is 0.494 e. The summed E-state index contributed by atoms with van der Waals surface area (Å²) in [4.78, 5) is 2.55. The molecule has 2 aliphatic carbocycles. The lowest BCUT2D eigenvalue weighted by Crippen LogP contribution is -2.37. The Bertz CT molecular complexity index is 6460. The van der Waals surface area contributed by atoms with Gasteiger partial charge in [0.05, 0.1) is 47.0 Å². The third-order valence-corrected chi connectivity index (χ3v) is 28.8. The molecule has 0 spiro atoms. The van der Waals surface area contributed by atoms with Gasteiger partial charge in [-0.25, -0.2) is 0 Å². The van der Waals surface area contributed by atoms with E-state index in [1.165, 1.54) is 241 Å². The van der Waals surface area contributed by atoms with Crippen molar-refractivity contribution >= 4 is 82.9 Å². The van der Waals surface area contributed by atoms with Crippen LogP contribution in [-0.4, -0.2) is 22.0 Å². The van der Waals surface area contributed by atoms with Gasteiger partial charge in [0, 0.05) is 33.3 Å². The van der Waals surface area contributed by atoms with E-state index in [-0.39, 0.29) is 0 Å². The van der Waals surface area contributed by atoms with E-state index in [2.05, 4.69) is 344 Å². The summed E-state index contributed by atoms with van der Waals surface area (Å²) in [5, 5.41) is 9.45. The van der Waals surface area contributed by atoms with Gasteiger partial charge < -0.3 is 14.4 Å². The number of rotatable bonds is 40. The number of hydrogen-bond donors (Lipinski definition) is 0. The summed E-state index contributed by atoms with van der Waals surface area (Å²) >= 11 is 1.26. The van der Waals surface area contributed by atoms with Crippen molar-refractivity contribution in [3.63, 3.8) is 0 Å². The van der Waals surface area contributed by atoms with E-state index in [0.717, 1.165) is 150 Å². The highest BCUT2D eigenvalue weighted by Gasteiger charge is 2.51. The van der Waals surface area contributed by atoms with Gasteiger partial charge in [0.1, 0.15) is 22.5 Å². The van der Waals surface area contributed by atoms with Gasteiger partial charge in [-0.1, -0.05) is 387 Å². The molecule has 0 bridgehead atoms. The first-order chi connectivity index (χ1) is 63.7. The number of benzene rings is 15. The van der Waals surface area contributed by atoms with Crippen molar-refractivity contribution in [3.05, 3.63) is 363 Å². The Kier molecular flexibility index (Phi) is 27.8. The van der Waals surface area contributed by atoms with Crippen molar-refractivity contribution in [1.82, 2.24) is 8.75 Å². The van der Waals surface area contributed by atoms with Crippen molar-refractivity contribution in [2.24, 2.45) is 0 Å². The smallest absolute Gasteiger partial charge is 0.121 e. The van der Waals surface area contributed by atoms with Gasteiger partial charge >= 0.3 is 0 Å². The Labute approximate surface area is 772 Å². The third-order valence-electron chi connectivity index (χ3n) is 28.3. The van der Waals surface area contributed by atoms with Crippen molar-refractivity contribution in [3.8, 4) is 56.7 Å². The second-order valence-corrected chi connectivity index (χ2v) is 37.4. The zero-order chi connectivity index (χ0) is 88.1. The second kappa shape index (κ2) is 40.8. The maximum Gasteiger partial charge on any atom is 0.121 e. The number of hydrogen-bond acceptors (Lipinski definition) is 6. The molecular weight excluding hydrogens is 1580 g/mol. The summed E-state index contributed by atoms with van der Waals surface area (Å²) in [6.45, 7) is 17.3. The minimum absolute atomic E-state index is 0.687. The molecule has 18 rings (SSSR count). The predicted octanol–water partition coefficient (Wildman–Crippen LogP) is 34.3. The van der Waals surface area contributed by atoms with E-state index in [4.69, 9.17) is 18.2 Å². The van der Waals surface area contributed by atoms with Crippen LogP contribution in [-0.2, 0) is 36.5 Å². The molecule has 2 aliphatic rings. The van der Waals surface area contributed by atoms with Gasteiger partial charge in [-0.3, -0.25) is 0 Å². The molecule has 1 aromatic heterocycles. The first-order valence-corrected chi connectivity index (χ1v) is 50.1. The second-order valence-electron chi connectivity index (χ2n) is 36.9. The molecule has 1 heterocycles. The van der Waals surface area contributed by atoms with E-state index in [1.807, 2.05) is 0 Å². The van der Waals surface area contributed by atoms with E-state index in [9.17, 15) is 0 Å². The van der Waals surface area contributed by atoms with Crippen LogP contribution in [0.2, 0.25) is 0 Å². The molecule has 0 N–H and O–H groups in total. The number of aryl methyl sites for hydroxylation is 5. The lowest BCUT2D eigenvalue weighted by Gasteiger charge is -2.47. The van der Waals surface area contributed by atoms with Gasteiger partial charge in [-0.2, -0.15) is 8.75 Å². The zero-order valence-electron chi connectivity index (χ0n) is 77.3. The lowest BCUT2D eigenvalue weighted by atomic mass is 9.55. The van der Waals surface area contributed by atoms with Crippen molar-refractivity contribution in [2.75, 3.05) is 18.1 Å². The van der Waals surface area contributed by atoms with E-state index in [0.29, 0.717) is 13.2 Å². The van der Waals surface area contributed by atoms with Crippen LogP contribution >= 0.6 is 11.7 Å². The lowest BCUT2D eigenvalue weighted by molar-refractivity contribution is 0.305. The summed E-state index contributed by atoms with van der Waals surface area (Å²) in [6, 6.07) is 110. The topological polar surface area (TPSA) is 47.5 Å². The van der Waals surface area contributed by atoms with Crippen LogP contribution in [0.3, 0.4) is 0 Å². The molecule has 129 heavy (non-hydrogen) atoms. The number of anilines is 3. The number of aromatic nitrogens is 2. The highest BCUT2D eigenvalue weighted by atomic mass is 32.1. The van der Waals surface area contributed by atoms with Gasteiger partial charge in [0.25, 0.3) is 0 Å². The minimum atomic E-state index is -0.918. The van der Waals surface area contributed by atoms with Crippen LogP contribution in [0, 0.1) is 18.8 Å². The molecule has 0 saturated carbocycles. The fourth-order valence-electron chi connectivity index (χ4n) is 21.5. The number of ether oxygens (including phenoxy) is 2. The molecule has 6 heteroatoms. The number of nitrogens with zero attached hydrogens (tertiary/aromatic N) is 3. The van der Waals surface area contributed by atoms with E-state index < -0.39 is 10.8 Å². The average Bonchev–Trinajstić information content (AvgIpc) is 0.869. The molecule has 0 fully saturated rings. The van der Waals surface area contributed by atoms with E-state index >= 15 is 0 Å². The maximum atomic E-state index is 6.62. The Morgan fingerprint density at radius 2 is 0.690 bits per heavy atom. The molecule has 0 unspecified atom stereocenters. The molecule has 0 amide bonds.